The minimum absolute atomic E-state index is 0. The molecule has 0 saturated heterocycles. The molecule has 0 unspecified atom stereocenters. The van der Waals surface area contributed by atoms with Crippen LogP contribution in [0.4, 0.5) is 18.9 Å². The number of anilines is 1. The number of pyridine rings is 1. The van der Waals surface area contributed by atoms with Gasteiger partial charge in [-0.3, -0.25) is 9.78 Å². The molecule has 6 nitrogen and oxygen atoms in total. The summed E-state index contributed by atoms with van der Waals surface area (Å²) >= 11 is 0. The van der Waals surface area contributed by atoms with Gasteiger partial charge in [0.05, 0.1) is 24.5 Å². The van der Waals surface area contributed by atoms with Gasteiger partial charge in [-0.15, -0.1) is 24.0 Å². The number of guanidine groups is 1. The fraction of sp³-hybridized carbons (Fsp3) is 0.235. The van der Waals surface area contributed by atoms with Crippen LogP contribution in [0.1, 0.15) is 12.6 Å². The highest BCUT2D eigenvalue weighted by atomic mass is 127. The van der Waals surface area contributed by atoms with Crippen LogP contribution in [0, 0.1) is 17.5 Å². The molecule has 1 heterocycles. The van der Waals surface area contributed by atoms with Crippen molar-refractivity contribution in [2.75, 3.05) is 18.4 Å². The van der Waals surface area contributed by atoms with Crippen molar-refractivity contribution in [1.82, 2.24) is 15.6 Å². The third-order valence-electron chi connectivity index (χ3n) is 3.20. The van der Waals surface area contributed by atoms with Crippen LogP contribution in [0.2, 0.25) is 0 Å². The monoisotopic (exact) mass is 493 g/mol. The van der Waals surface area contributed by atoms with Crippen LogP contribution in [0.25, 0.3) is 0 Å². The lowest BCUT2D eigenvalue weighted by Crippen LogP contribution is -2.41. The van der Waals surface area contributed by atoms with Crippen LogP contribution in [0.3, 0.4) is 0 Å². The molecular formula is C17H19F3IN5O. The zero-order valence-electron chi connectivity index (χ0n) is 14.4. The molecule has 1 aromatic heterocycles. The Hall–Kier alpha value is -2.37. The molecule has 10 heteroatoms. The third kappa shape index (κ3) is 7.04. The SMILES string of the molecule is CCNC(=NCc1ccccn1)NCC(=O)Nc1ccc(F)c(F)c1F.I. The van der Waals surface area contributed by atoms with Gasteiger partial charge in [-0.25, -0.2) is 18.2 Å². The molecule has 0 radical (unpaired) electrons. The Kier molecular flexibility index (Phi) is 9.54. The lowest BCUT2D eigenvalue weighted by molar-refractivity contribution is -0.115. The van der Waals surface area contributed by atoms with E-state index in [2.05, 4.69) is 25.9 Å². The fourth-order valence-electron chi connectivity index (χ4n) is 1.97. The molecule has 2 aromatic rings. The number of nitrogens with zero attached hydrogens (tertiary/aromatic N) is 2. The normalized spacial score (nSPS) is 10.7. The molecule has 0 aliphatic carbocycles. The molecule has 27 heavy (non-hydrogen) atoms. The molecule has 0 spiro atoms. The molecule has 1 amide bonds. The lowest BCUT2D eigenvalue weighted by Gasteiger charge is -2.12. The average molecular weight is 493 g/mol. The quantitative estimate of drug-likeness (QED) is 0.251. The van der Waals surface area contributed by atoms with Gasteiger partial charge in [-0.1, -0.05) is 6.07 Å². The number of nitrogens with one attached hydrogen (secondary N) is 3. The van der Waals surface area contributed by atoms with Gasteiger partial charge in [0.1, 0.15) is 0 Å². The van der Waals surface area contributed by atoms with Crippen molar-refractivity contribution >= 4 is 41.5 Å². The Labute approximate surface area is 171 Å². The molecule has 0 bridgehead atoms. The number of carbonyl (C=O) groups excluding carboxylic acids is 1. The molecule has 0 saturated carbocycles. The molecular weight excluding hydrogens is 474 g/mol. The van der Waals surface area contributed by atoms with Gasteiger partial charge < -0.3 is 16.0 Å². The maximum absolute atomic E-state index is 13.6. The van der Waals surface area contributed by atoms with E-state index in [0.29, 0.717) is 19.0 Å². The van der Waals surface area contributed by atoms with E-state index in [1.165, 1.54) is 0 Å². The van der Waals surface area contributed by atoms with Gasteiger partial charge in [0.25, 0.3) is 0 Å². The van der Waals surface area contributed by atoms with E-state index in [1.807, 2.05) is 19.1 Å². The van der Waals surface area contributed by atoms with Gasteiger partial charge in [0, 0.05) is 12.7 Å². The Balaban J connectivity index is 0.00000364. The molecule has 0 atom stereocenters. The second kappa shape index (κ2) is 11.4. The topological polar surface area (TPSA) is 78.4 Å². The summed E-state index contributed by atoms with van der Waals surface area (Å²) in [6.07, 6.45) is 1.65. The molecule has 0 aliphatic rings. The van der Waals surface area contributed by atoms with Gasteiger partial charge in [0.2, 0.25) is 5.91 Å². The molecule has 0 aliphatic heterocycles. The van der Waals surface area contributed by atoms with E-state index in [1.54, 1.807) is 12.3 Å². The van der Waals surface area contributed by atoms with Gasteiger partial charge in [-0.2, -0.15) is 0 Å². The number of hydrogen-bond donors (Lipinski definition) is 3. The van der Waals surface area contributed by atoms with Crippen LogP contribution in [0.5, 0.6) is 0 Å². The Bertz CT molecular complexity index is 790. The third-order valence-corrected chi connectivity index (χ3v) is 3.20. The fourth-order valence-corrected chi connectivity index (χ4v) is 1.97. The highest BCUT2D eigenvalue weighted by Gasteiger charge is 2.15. The highest BCUT2D eigenvalue weighted by Crippen LogP contribution is 2.19. The predicted octanol–water partition coefficient (Wildman–Crippen LogP) is 2.81. The van der Waals surface area contributed by atoms with Crippen LogP contribution in [-0.2, 0) is 11.3 Å². The largest absolute Gasteiger partial charge is 0.357 e. The Morgan fingerprint density at radius 2 is 1.89 bits per heavy atom. The van der Waals surface area contributed by atoms with Gasteiger partial charge >= 0.3 is 0 Å². The second-order valence-electron chi connectivity index (χ2n) is 5.14. The van der Waals surface area contributed by atoms with Crippen molar-refractivity contribution < 1.29 is 18.0 Å². The van der Waals surface area contributed by atoms with Crippen molar-refractivity contribution in [2.45, 2.75) is 13.5 Å². The van der Waals surface area contributed by atoms with Gasteiger partial charge in [0.15, 0.2) is 23.4 Å². The molecule has 146 valence electrons. The first-order valence-electron chi connectivity index (χ1n) is 7.86. The number of amides is 1. The zero-order valence-corrected chi connectivity index (χ0v) is 16.8. The first kappa shape index (κ1) is 22.7. The van der Waals surface area contributed by atoms with Crippen LogP contribution >= 0.6 is 24.0 Å². The molecule has 0 fully saturated rings. The summed E-state index contributed by atoms with van der Waals surface area (Å²) in [6, 6.07) is 7.12. The summed E-state index contributed by atoms with van der Waals surface area (Å²) in [5, 5.41) is 7.88. The summed E-state index contributed by atoms with van der Waals surface area (Å²) in [6.45, 7) is 2.48. The molecule has 3 N–H and O–H groups in total. The van der Waals surface area contributed by atoms with E-state index in [4.69, 9.17) is 0 Å². The van der Waals surface area contributed by atoms with Crippen LogP contribution < -0.4 is 16.0 Å². The number of carbonyl (C=O) groups is 1. The van der Waals surface area contributed by atoms with E-state index in [9.17, 15) is 18.0 Å². The van der Waals surface area contributed by atoms with Crippen molar-refractivity contribution in [3.05, 3.63) is 59.7 Å². The lowest BCUT2D eigenvalue weighted by atomic mass is 10.2. The van der Waals surface area contributed by atoms with E-state index < -0.39 is 29.0 Å². The number of halogens is 4. The van der Waals surface area contributed by atoms with Crippen LogP contribution in [0.15, 0.2) is 41.5 Å². The average Bonchev–Trinajstić information content (AvgIpc) is 2.65. The number of aromatic nitrogens is 1. The summed E-state index contributed by atoms with van der Waals surface area (Å²) in [4.78, 5) is 20.3. The number of hydrogen-bond acceptors (Lipinski definition) is 3. The van der Waals surface area contributed by atoms with Crippen molar-refractivity contribution in [1.29, 1.82) is 0 Å². The molecule has 1 aromatic carbocycles. The first-order valence-corrected chi connectivity index (χ1v) is 7.86. The van der Waals surface area contributed by atoms with E-state index >= 15 is 0 Å². The minimum atomic E-state index is -1.64. The molecule has 2 rings (SSSR count). The second-order valence-corrected chi connectivity index (χ2v) is 5.14. The van der Waals surface area contributed by atoms with E-state index in [-0.39, 0.29) is 30.5 Å². The van der Waals surface area contributed by atoms with Gasteiger partial charge in [-0.05, 0) is 31.2 Å². The maximum Gasteiger partial charge on any atom is 0.243 e. The Morgan fingerprint density at radius 1 is 1.11 bits per heavy atom. The summed E-state index contributed by atoms with van der Waals surface area (Å²) < 4.78 is 39.6. The maximum atomic E-state index is 13.6. The number of rotatable bonds is 6. The summed E-state index contributed by atoms with van der Waals surface area (Å²) in [5.41, 5.74) is 0.309. The highest BCUT2D eigenvalue weighted by molar-refractivity contribution is 14.0. The van der Waals surface area contributed by atoms with Crippen molar-refractivity contribution in [2.24, 2.45) is 4.99 Å². The summed E-state index contributed by atoms with van der Waals surface area (Å²) in [5.74, 6) is -4.69. The minimum Gasteiger partial charge on any atom is -0.357 e. The van der Waals surface area contributed by atoms with Crippen molar-refractivity contribution in [3.63, 3.8) is 0 Å². The van der Waals surface area contributed by atoms with E-state index in [0.717, 1.165) is 17.8 Å². The van der Waals surface area contributed by atoms with Crippen molar-refractivity contribution in [3.8, 4) is 0 Å². The smallest absolute Gasteiger partial charge is 0.243 e. The zero-order chi connectivity index (χ0) is 18.9. The summed E-state index contributed by atoms with van der Waals surface area (Å²) in [7, 11) is 0. The number of benzene rings is 1. The predicted molar refractivity (Wildman–Crippen MR) is 107 cm³/mol. The standard InChI is InChI=1S/C17H18F3N5O.HI/c1-2-21-17(23-9-11-5-3-4-8-22-11)24-10-14(26)25-13-7-6-12(18)15(19)16(13)20;/h3-8H,2,9-10H2,1H3,(H,25,26)(H2,21,23,24);1H. The van der Waals surface area contributed by atoms with Crippen LogP contribution in [-0.4, -0.2) is 29.9 Å². The first-order chi connectivity index (χ1) is 12.5. The Morgan fingerprint density at radius 3 is 2.56 bits per heavy atom. The number of aliphatic imine (C=N–C) groups is 1.